The molecule has 5 rings (SSSR count). The van der Waals surface area contributed by atoms with E-state index in [1.807, 2.05) is 66.6 Å². The summed E-state index contributed by atoms with van der Waals surface area (Å²) in [5, 5.41) is 4.05. The van der Waals surface area contributed by atoms with Crippen LogP contribution in [0.4, 0.5) is 13.2 Å². The Bertz CT molecular complexity index is 1560. The van der Waals surface area contributed by atoms with Crippen molar-refractivity contribution in [2.45, 2.75) is 38.7 Å². The van der Waals surface area contributed by atoms with Gasteiger partial charge in [-0.3, -0.25) is 9.69 Å². The number of aromatic amines is 1. The van der Waals surface area contributed by atoms with Gasteiger partial charge in [-0.15, -0.1) is 0 Å². The Hall–Kier alpha value is -4.37. The highest BCUT2D eigenvalue weighted by molar-refractivity contribution is 5.92. The number of hydrogen-bond acceptors (Lipinski definition) is 4. The SMILES string of the molecule is C[C@@H](NC(=O)c1coc(CN(CCc2c[nH]c3ccccc23)Cc2ccc(C(F)(F)F)cc2)n1)c1ccccc1. The predicted molar refractivity (Wildman–Crippen MR) is 146 cm³/mol. The van der Waals surface area contributed by atoms with E-state index in [9.17, 15) is 18.0 Å². The first kappa shape index (κ1) is 27.2. The molecule has 5 aromatic rings. The number of carbonyl (C=O) groups excluding carboxylic acids is 1. The van der Waals surface area contributed by atoms with Gasteiger partial charge >= 0.3 is 6.18 Å². The van der Waals surface area contributed by atoms with Crippen LogP contribution >= 0.6 is 0 Å². The predicted octanol–water partition coefficient (Wildman–Crippen LogP) is 6.91. The number of fused-ring (bicyclic) bond motifs is 1. The highest BCUT2D eigenvalue weighted by atomic mass is 19.4. The first-order valence-corrected chi connectivity index (χ1v) is 13.0. The number of nitrogens with one attached hydrogen (secondary N) is 2. The second kappa shape index (κ2) is 11.8. The summed E-state index contributed by atoms with van der Waals surface area (Å²) in [6.45, 7) is 3.16. The molecule has 2 aromatic heterocycles. The molecular weight excluding hydrogens is 517 g/mol. The van der Waals surface area contributed by atoms with Gasteiger partial charge in [0, 0.05) is 30.2 Å². The van der Waals surface area contributed by atoms with Crippen molar-refractivity contribution in [1.29, 1.82) is 0 Å². The van der Waals surface area contributed by atoms with E-state index in [1.54, 1.807) is 0 Å². The zero-order chi connectivity index (χ0) is 28.1. The average molecular weight is 547 g/mol. The number of hydrogen-bond donors (Lipinski definition) is 2. The standard InChI is InChI=1S/C31H29F3N4O2/c1-21(23-7-3-2-4-8-23)36-30(39)28-20-40-29(37-28)19-38(18-22-11-13-25(14-12-22)31(32,33)34)16-15-24-17-35-27-10-6-5-9-26(24)27/h2-14,17,20-21,35H,15-16,18-19H2,1H3,(H,36,39)/t21-/m1/s1. The molecule has 0 saturated heterocycles. The van der Waals surface area contributed by atoms with Crippen molar-refractivity contribution >= 4 is 16.8 Å². The van der Waals surface area contributed by atoms with Crippen LogP contribution in [-0.2, 0) is 25.7 Å². The molecule has 3 aromatic carbocycles. The van der Waals surface area contributed by atoms with Crippen molar-refractivity contribution in [2.24, 2.45) is 0 Å². The third kappa shape index (κ3) is 6.60. The van der Waals surface area contributed by atoms with Crippen molar-refractivity contribution in [2.75, 3.05) is 6.54 Å². The number of alkyl halides is 3. The van der Waals surface area contributed by atoms with Crippen molar-refractivity contribution in [1.82, 2.24) is 20.2 Å². The van der Waals surface area contributed by atoms with Crippen LogP contribution in [0, 0.1) is 0 Å². The molecule has 0 saturated carbocycles. The van der Waals surface area contributed by atoms with E-state index in [0.717, 1.165) is 39.7 Å². The van der Waals surface area contributed by atoms with E-state index < -0.39 is 11.7 Å². The second-order valence-corrected chi connectivity index (χ2v) is 9.75. The zero-order valence-corrected chi connectivity index (χ0v) is 21.9. The number of rotatable bonds is 10. The molecule has 2 heterocycles. The lowest BCUT2D eigenvalue weighted by Gasteiger charge is -2.21. The van der Waals surface area contributed by atoms with Gasteiger partial charge in [0.2, 0.25) is 5.89 Å². The molecule has 0 fully saturated rings. The molecule has 0 bridgehead atoms. The molecule has 0 unspecified atom stereocenters. The van der Waals surface area contributed by atoms with Gasteiger partial charge in [-0.2, -0.15) is 13.2 Å². The second-order valence-electron chi connectivity index (χ2n) is 9.75. The fourth-order valence-corrected chi connectivity index (χ4v) is 4.66. The number of H-pyrrole nitrogens is 1. The molecule has 0 radical (unpaired) electrons. The summed E-state index contributed by atoms with van der Waals surface area (Å²) in [4.78, 5) is 22.5. The number of nitrogens with zero attached hydrogens (tertiary/aromatic N) is 2. The molecule has 0 spiro atoms. The number of aromatic nitrogens is 2. The van der Waals surface area contributed by atoms with Crippen molar-refractivity contribution in [3.8, 4) is 0 Å². The van der Waals surface area contributed by atoms with Gasteiger partial charge in [0.1, 0.15) is 6.26 Å². The van der Waals surface area contributed by atoms with Crippen LogP contribution in [-0.4, -0.2) is 27.3 Å². The summed E-state index contributed by atoms with van der Waals surface area (Å²) in [5.74, 6) is 0.00258. The number of benzene rings is 3. The van der Waals surface area contributed by atoms with Gasteiger partial charge in [0.05, 0.1) is 18.2 Å². The van der Waals surface area contributed by atoms with Crippen molar-refractivity contribution in [3.05, 3.63) is 125 Å². The van der Waals surface area contributed by atoms with Gasteiger partial charge in [0.15, 0.2) is 5.69 Å². The topological polar surface area (TPSA) is 74.2 Å². The Balaban J connectivity index is 1.29. The molecule has 0 aliphatic heterocycles. The lowest BCUT2D eigenvalue weighted by Crippen LogP contribution is -2.27. The largest absolute Gasteiger partial charge is 0.447 e. The number of carbonyl (C=O) groups is 1. The molecule has 1 amide bonds. The summed E-state index contributed by atoms with van der Waals surface area (Å²) in [7, 11) is 0. The third-order valence-corrected chi connectivity index (χ3v) is 6.85. The monoisotopic (exact) mass is 546 g/mol. The van der Waals surface area contributed by atoms with E-state index in [4.69, 9.17) is 4.42 Å². The van der Waals surface area contributed by atoms with E-state index in [2.05, 4.69) is 21.4 Å². The Kier molecular flexibility index (Phi) is 8.02. The molecule has 6 nitrogen and oxygen atoms in total. The average Bonchev–Trinajstić information content (AvgIpc) is 3.59. The maximum atomic E-state index is 13.1. The maximum absolute atomic E-state index is 13.1. The Morgan fingerprint density at radius 1 is 1.00 bits per heavy atom. The molecule has 0 aliphatic rings. The fraction of sp³-hybridized carbons (Fsp3) is 0.226. The normalized spacial score (nSPS) is 12.6. The van der Waals surface area contributed by atoms with Gasteiger partial charge in [-0.1, -0.05) is 60.7 Å². The van der Waals surface area contributed by atoms with E-state index in [-0.39, 0.29) is 24.2 Å². The van der Waals surface area contributed by atoms with Gasteiger partial charge < -0.3 is 14.7 Å². The summed E-state index contributed by atoms with van der Waals surface area (Å²) < 4.78 is 44.8. The smallest absolute Gasteiger partial charge is 0.416 e. The first-order chi connectivity index (χ1) is 19.3. The van der Waals surface area contributed by atoms with Crippen LogP contribution < -0.4 is 5.32 Å². The van der Waals surface area contributed by atoms with Gasteiger partial charge in [-0.25, -0.2) is 4.98 Å². The molecule has 9 heteroatoms. The van der Waals surface area contributed by atoms with Crippen LogP contribution in [0.15, 0.2) is 95.7 Å². The molecule has 0 aliphatic carbocycles. The highest BCUT2D eigenvalue weighted by Gasteiger charge is 2.30. The van der Waals surface area contributed by atoms with Crippen LogP contribution in [0.1, 0.15) is 51.6 Å². The third-order valence-electron chi connectivity index (χ3n) is 6.85. The van der Waals surface area contributed by atoms with Crippen molar-refractivity contribution in [3.63, 3.8) is 0 Å². The summed E-state index contributed by atoms with van der Waals surface area (Å²) in [5.41, 5.74) is 3.36. The lowest BCUT2D eigenvalue weighted by atomic mass is 10.1. The summed E-state index contributed by atoms with van der Waals surface area (Å²) in [6, 6.07) is 22.6. The van der Waals surface area contributed by atoms with E-state index in [1.165, 1.54) is 18.4 Å². The minimum Gasteiger partial charge on any atom is -0.447 e. The highest BCUT2D eigenvalue weighted by Crippen LogP contribution is 2.29. The van der Waals surface area contributed by atoms with Crippen LogP contribution in [0.3, 0.4) is 0 Å². The number of halogens is 3. The molecule has 2 N–H and O–H groups in total. The number of oxazole rings is 1. The van der Waals surface area contributed by atoms with Crippen molar-refractivity contribution < 1.29 is 22.4 Å². The minimum atomic E-state index is -4.39. The zero-order valence-electron chi connectivity index (χ0n) is 21.9. The number of para-hydroxylation sites is 1. The molecule has 206 valence electrons. The Morgan fingerprint density at radius 2 is 1.73 bits per heavy atom. The summed E-state index contributed by atoms with van der Waals surface area (Å²) in [6.07, 6.45) is -0.380. The molecule has 1 atom stereocenters. The maximum Gasteiger partial charge on any atom is 0.416 e. The summed E-state index contributed by atoms with van der Waals surface area (Å²) >= 11 is 0. The minimum absolute atomic E-state index is 0.170. The van der Waals surface area contributed by atoms with Gasteiger partial charge in [-0.05, 0) is 48.2 Å². The molecule has 40 heavy (non-hydrogen) atoms. The Morgan fingerprint density at radius 3 is 2.48 bits per heavy atom. The fourth-order valence-electron chi connectivity index (χ4n) is 4.66. The van der Waals surface area contributed by atoms with E-state index in [0.29, 0.717) is 25.4 Å². The van der Waals surface area contributed by atoms with E-state index >= 15 is 0 Å². The molecular formula is C31H29F3N4O2. The first-order valence-electron chi connectivity index (χ1n) is 13.0. The van der Waals surface area contributed by atoms with Gasteiger partial charge in [0.25, 0.3) is 5.91 Å². The quantitative estimate of drug-likeness (QED) is 0.200. The Labute approximate surface area is 229 Å². The van der Waals surface area contributed by atoms with Crippen LogP contribution in [0.5, 0.6) is 0 Å². The lowest BCUT2D eigenvalue weighted by molar-refractivity contribution is -0.137. The van der Waals surface area contributed by atoms with Crippen LogP contribution in [0.2, 0.25) is 0 Å². The number of amides is 1. The van der Waals surface area contributed by atoms with Crippen LogP contribution in [0.25, 0.3) is 10.9 Å².